The minimum absolute atomic E-state index is 0.0696. The zero-order valence-corrected chi connectivity index (χ0v) is 11.7. The van der Waals surface area contributed by atoms with Gasteiger partial charge in [-0.25, -0.2) is 9.78 Å². The number of hydrogen-bond donors (Lipinski definition) is 2. The number of primary amides is 1. The van der Waals surface area contributed by atoms with Crippen LogP contribution in [0.1, 0.15) is 39.4 Å². The van der Waals surface area contributed by atoms with Crippen molar-refractivity contribution in [3.8, 4) is 0 Å². The number of nitrogens with zero attached hydrogens (tertiary/aromatic N) is 2. The number of carbonyl (C=O) groups is 3. The summed E-state index contributed by atoms with van der Waals surface area (Å²) in [6.07, 6.45) is 1.40. The minimum atomic E-state index is -1.08. The Morgan fingerprint density at radius 3 is 2.67 bits per heavy atom. The Morgan fingerprint density at radius 2 is 2.10 bits per heavy atom. The topological polar surface area (TPSA) is 114 Å². The SMILES string of the molecule is Cc1nc(C(=O)N2CCCC(C(N)=O)C2)ccc1C(=O)O. The summed E-state index contributed by atoms with van der Waals surface area (Å²) in [4.78, 5) is 40.1. The molecule has 1 aromatic heterocycles. The summed E-state index contributed by atoms with van der Waals surface area (Å²) >= 11 is 0. The number of pyridine rings is 1. The number of nitrogens with two attached hydrogens (primary N) is 1. The highest BCUT2D eigenvalue weighted by Gasteiger charge is 2.28. The maximum atomic E-state index is 12.4. The van der Waals surface area contributed by atoms with Crippen LogP contribution in [-0.2, 0) is 4.79 Å². The Balaban J connectivity index is 2.18. The fraction of sp³-hybridized carbons (Fsp3) is 0.429. The summed E-state index contributed by atoms with van der Waals surface area (Å²) in [5.41, 5.74) is 5.83. The Hall–Kier alpha value is -2.44. The van der Waals surface area contributed by atoms with Crippen molar-refractivity contribution in [2.75, 3.05) is 13.1 Å². The first-order valence-electron chi connectivity index (χ1n) is 6.69. The summed E-state index contributed by atoms with van der Waals surface area (Å²) in [7, 11) is 0. The lowest BCUT2D eigenvalue weighted by Gasteiger charge is -2.31. The smallest absolute Gasteiger partial charge is 0.337 e. The van der Waals surface area contributed by atoms with Gasteiger partial charge in [-0.2, -0.15) is 0 Å². The maximum Gasteiger partial charge on any atom is 0.337 e. The van der Waals surface area contributed by atoms with Crippen molar-refractivity contribution in [1.82, 2.24) is 9.88 Å². The molecule has 1 aromatic rings. The standard InChI is InChI=1S/C14H17N3O4/c1-8-10(14(20)21)4-5-11(16-8)13(19)17-6-2-3-9(7-17)12(15)18/h4-5,9H,2-3,6-7H2,1H3,(H2,15,18)(H,20,21). The number of piperidine rings is 1. The van der Waals surface area contributed by atoms with Crippen LogP contribution in [0.4, 0.5) is 0 Å². The molecule has 1 unspecified atom stereocenters. The zero-order valence-electron chi connectivity index (χ0n) is 11.7. The van der Waals surface area contributed by atoms with Gasteiger partial charge in [0.25, 0.3) is 5.91 Å². The fourth-order valence-electron chi connectivity index (χ4n) is 2.46. The van der Waals surface area contributed by atoms with E-state index in [0.29, 0.717) is 19.4 Å². The van der Waals surface area contributed by atoms with Gasteiger partial charge in [0.2, 0.25) is 5.91 Å². The Labute approximate surface area is 121 Å². The molecule has 1 saturated heterocycles. The monoisotopic (exact) mass is 291 g/mol. The molecule has 2 amide bonds. The van der Waals surface area contributed by atoms with Crippen molar-refractivity contribution in [3.05, 3.63) is 29.1 Å². The summed E-state index contributed by atoms with van der Waals surface area (Å²) in [6.45, 7) is 2.38. The van der Waals surface area contributed by atoms with Crippen molar-refractivity contribution in [2.24, 2.45) is 11.7 Å². The van der Waals surface area contributed by atoms with E-state index in [9.17, 15) is 14.4 Å². The average molecular weight is 291 g/mol. The molecule has 1 aliphatic rings. The van der Waals surface area contributed by atoms with Crippen molar-refractivity contribution < 1.29 is 19.5 Å². The number of hydrogen-bond acceptors (Lipinski definition) is 4. The molecular weight excluding hydrogens is 274 g/mol. The van der Waals surface area contributed by atoms with Crippen molar-refractivity contribution in [1.29, 1.82) is 0 Å². The van der Waals surface area contributed by atoms with Gasteiger partial charge in [-0.05, 0) is 31.9 Å². The van der Waals surface area contributed by atoms with Gasteiger partial charge in [0.1, 0.15) is 5.69 Å². The number of likely N-dealkylation sites (tertiary alicyclic amines) is 1. The Morgan fingerprint density at radius 1 is 1.38 bits per heavy atom. The lowest BCUT2D eigenvalue weighted by molar-refractivity contribution is -0.123. The number of amides is 2. The van der Waals surface area contributed by atoms with E-state index in [1.807, 2.05) is 0 Å². The average Bonchev–Trinajstić information content (AvgIpc) is 2.46. The van der Waals surface area contributed by atoms with E-state index in [1.165, 1.54) is 12.1 Å². The van der Waals surface area contributed by atoms with Gasteiger partial charge in [0.05, 0.1) is 17.2 Å². The van der Waals surface area contributed by atoms with Crippen LogP contribution in [0.5, 0.6) is 0 Å². The Bertz CT molecular complexity index is 600. The van der Waals surface area contributed by atoms with Gasteiger partial charge in [-0.3, -0.25) is 9.59 Å². The largest absolute Gasteiger partial charge is 0.478 e. The first-order valence-corrected chi connectivity index (χ1v) is 6.69. The number of aryl methyl sites for hydroxylation is 1. The van der Waals surface area contributed by atoms with Crippen LogP contribution in [0.25, 0.3) is 0 Å². The number of carboxylic acids is 1. The summed E-state index contributed by atoms with van der Waals surface area (Å²) < 4.78 is 0. The molecule has 1 aliphatic heterocycles. The second-order valence-electron chi connectivity index (χ2n) is 5.13. The molecule has 0 aliphatic carbocycles. The molecule has 0 bridgehead atoms. The lowest BCUT2D eigenvalue weighted by Crippen LogP contribution is -2.44. The molecule has 1 fully saturated rings. The van der Waals surface area contributed by atoms with E-state index in [2.05, 4.69) is 4.98 Å². The first-order chi connectivity index (χ1) is 9.90. The third-order valence-electron chi connectivity index (χ3n) is 3.65. The summed E-state index contributed by atoms with van der Waals surface area (Å²) in [5.74, 6) is -2.12. The fourth-order valence-corrected chi connectivity index (χ4v) is 2.46. The van der Waals surface area contributed by atoms with Crippen LogP contribution in [0.15, 0.2) is 12.1 Å². The Kier molecular flexibility index (Phi) is 4.21. The number of carboxylic acid groups (broad SMARTS) is 1. The number of aromatic nitrogens is 1. The van der Waals surface area contributed by atoms with Gasteiger partial charge < -0.3 is 15.7 Å². The van der Waals surface area contributed by atoms with Gasteiger partial charge >= 0.3 is 5.97 Å². The normalized spacial score (nSPS) is 18.3. The molecule has 0 aromatic carbocycles. The van der Waals surface area contributed by atoms with E-state index in [4.69, 9.17) is 10.8 Å². The predicted octanol–water partition coefficient (Wildman–Crippen LogP) is 0.426. The third kappa shape index (κ3) is 3.18. The molecule has 7 nitrogen and oxygen atoms in total. The molecule has 7 heteroatoms. The van der Waals surface area contributed by atoms with Crippen LogP contribution < -0.4 is 5.73 Å². The summed E-state index contributed by atoms with van der Waals surface area (Å²) in [6, 6.07) is 2.76. The molecule has 21 heavy (non-hydrogen) atoms. The molecular formula is C14H17N3O4. The molecule has 3 N–H and O–H groups in total. The second-order valence-corrected chi connectivity index (χ2v) is 5.13. The molecule has 112 valence electrons. The van der Waals surface area contributed by atoms with Gasteiger partial charge in [0.15, 0.2) is 0 Å². The molecule has 1 atom stereocenters. The molecule has 0 radical (unpaired) electrons. The minimum Gasteiger partial charge on any atom is -0.478 e. The van der Waals surface area contributed by atoms with Gasteiger partial charge in [-0.15, -0.1) is 0 Å². The van der Waals surface area contributed by atoms with E-state index in [1.54, 1.807) is 11.8 Å². The van der Waals surface area contributed by atoms with Crippen LogP contribution in [0, 0.1) is 12.8 Å². The lowest BCUT2D eigenvalue weighted by atomic mass is 9.97. The van der Waals surface area contributed by atoms with E-state index < -0.39 is 11.9 Å². The van der Waals surface area contributed by atoms with Crippen molar-refractivity contribution in [3.63, 3.8) is 0 Å². The van der Waals surface area contributed by atoms with E-state index in [-0.39, 0.29) is 35.3 Å². The van der Waals surface area contributed by atoms with Crippen LogP contribution in [-0.4, -0.2) is 45.9 Å². The van der Waals surface area contributed by atoms with Gasteiger partial charge in [0, 0.05) is 13.1 Å². The zero-order chi connectivity index (χ0) is 15.6. The predicted molar refractivity (Wildman–Crippen MR) is 73.8 cm³/mol. The van der Waals surface area contributed by atoms with E-state index in [0.717, 1.165) is 0 Å². The number of rotatable bonds is 3. The van der Waals surface area contributed by atoms with Crippen molar-refractivity contribution >= 4 is 17.8 Å². The molecule has 0 spiro atoms. The first kappa shape index (κ1) is 15.0. The van der Waals surface area contributed by atoms with Crippen molar-refractivity contribution in [2.45, 2.75) is 19.8 Å². The molecule has 2 heterocycles. The highest BCUT2D eigenvalue weighted by Crippen LogP contribution is 2.18. The van der Waals surface area contributed by atoms with Crippen LogP contribution in [0.3, 0.4) is 0 Å². The van der Waals surface area contributed by atoms with Gasteiger partial charge in [-0.1, -0.05) is 0 Å². The molecule has 2 rings (SSSR count). The molecule has 0 saturated carbocycles. The van der Waals surface area contributed by atoms with E-state index >= 15 is 0 Å². The summed E-state index contributed by atoms with van der Waals surface area (Å²) in [5, 5.41) is 8.95. The van der Waals surface area contributed by atoms with Crippen LogP contribution in [0.2, 0.25) is 0 Å². The second kappa shape index (κ2) is 5.90. The quantitative estimate of drug-likeness (QED) is 0.838. The highest BCUT2D eigenvalue weighted by molar-refractivity contribution is 5.94. The number of aromatic carboxylic acids is 1. The number of carbonyl (C=O) groups excluding carboxylic acids is 2. The third-order valence-corrected chi connectivity index (χ3v) is 3.65. The maximum absolute atomic E-state index is 12.4. The van der Waals surface area contributed by atoms with Crippen LogP contribution >= 0.6 is 0 Å². The highest BCUT2D eigenvalue weighted by atomic mass is 16.4.